The van der Waals surface area contributed by atoms with Gasteiger partial charge in [-0.05, 0) is 19.8 Å². The molecule has 1 aliphatic rings. The Morgan fingerprint density at radius 2 is 2.13 bits per heavy atom. The molecule has 4 heteroatoms. The van der Waals surface area contributed by atoms with Crippen molar-refractivity contribution in [1.82, 2.24) is 10.2 Å². The number of aliphatic hydroxyl groups excluding tert-OH is 1. The van der Waals surface area contributed by atoms with Gasteiger partial charge in [-0.3, -0.25) is 0 Å². The third kappa shape index (κ3) is 3.38. The smallest absolute Gasteiger partial charge is 0.317 e. The molecule has 4 nitrogen and oxygen atoms in total. The van der Waals surface area contributed by atoms with E-state index in [-0.39, 0.29) is 24.6 Å². The molecule has 1 aliphatic carbocycles. The molecule has 0 saturated heterocycles. The lowest BCUT2D eigenvalue weighted by atomic mass is 9.85. The molecule has 1 saturated carbocycles. The Kier molecular flexibility index (Phi) is 4.88. The minimum absolute atomic E-state index is 0.0251. The molecule has 0 aromatic rings. The third-order valence-corrected chi connectivity index (χ3v) is 3.27. The van der Waals surface area contributed by atoms with E-state index in [0.717, 1.165) is 19.3 Å². The van der Waals surface area contributed by atoms with E-state index in [1.165, 1.54) is 6.42 Å². The Labute approximate surface area is 91.6 Å². The highest BCUT2D eigenvalue weighted by Gasteiger charge is 2.26. The third-order valence-electron chi connectivity index (χ3n) is 3.27. The fourth-order valence-corrected chi connectivity index (χ4v) is 2.03. The van der Waals surface area contributed by atoms with E-state index in [4.69, 9.17) is 0 Å². The fraction of sp³-hybridized carbons (Fsp3) is 0.909. The van der Waals surface area contributed by atoms with Crippen LogP contribution in [0.1, 0.15) is 32.6 Å². The lowest BCUT2D eigenvalue weighted by Crippen LogP contribution is -2.48. The zero-order chi connectivity index (χ0) is 11.3. The number of hydrogen-bond acceptors (Lipinski definition) is 2. The molecule has 0 spiro atoms. The van der Waals surface area contributed by atoms with Crippen molar-refractivity contribution in [2.45, 2.75) is 38.6 Å². The van der Waals surface area contributed by atoms with Gasteiger partial charge in [-0.1, -0.05) is 12.8 Å². The predicted molar refractivity (Wildman–Crippen MR) is 59.7 cm³/mol. The molecule has 2 amide bonds. The van der Waals surface area contributed by atoms with Crippen LogP contribution in [0.3, 0.4) is 0 Å². The summed E-state index contributed by atoms with van der Waals surface area (Å²) in [5, 5.41) is 12.2. The van der Waals surface area contributed by atoms with Gasteiger partial charge in [-0.15, -0.1) is 0 Å². The van der Waals surface area contributed by atoms with Crippen LogP contribution in [0, 0.1) is 5.92 Å². The van der Waals surface area contributed by atoms with Crippen LogP contribution in [0.2, 0.25) is 0 Å². The van der Waals surface area contributed by atoms with Gasteiger partial charge in [0.1, 0.15) is 0 Å². The van der Waals surface area contributed by atoms with Crippen LogP contribution in [0.25, 0.3) is 0 Å². The molecule has 0 aromatic heterocycles. The normalized spacial score (nSPS) is 26.1. The standard InChI is InChI=1S/C11H22N2O2/c1-3-13(2)11(15)12-10-7-5-4-6-9(10)8-14/h9-10,14H,3-8H2,1-2H3,(H,12,15). The van der Waals surface area contributed by atoms with Crippen molar-refractivity contribution in [3.05, 3.63) is 0 Å². The van der Waals surface area contributed by atoms with Crippen molar-refractivity contribution in [1.29, 1.82) is 0 Å². The maximum Gasteiger partial charge on any atom is 0.317 e. The van der Waals surface area contributed by atoms with Crippen molar-refractivity contribution in [3.8, 4) is 0 Å². The first-order valence-electron chi connectivity index (χ1n) is 5.81. The fourth-order valence-electron chi connectivity index (χ4n) is 2.03. The van der Waals surface area contributed by atoms with Gasteiger partial charge >= 0.3 is 6.03 Å². The second-order valence-corrected chi connectivity index (χ2v) is 4.30. The monoisotopic (exact) mass is 214 g/mol. The first-order chi connectivity index (χ1) is 7.19. The van der Waals surface area contributed by atoms with Gasteiger partial charge < -0.3 is 15.3 Å². The highest BCUT2D eigenvalue weighted by Crippen LogP contribution is 2.23. The molecule has 0 heterocycles. The average Bonchev–Trinajstić information content (AvgIpc) is 2.28. The van der Waals surface area contributed by atoms with Crippen LogP contribution in [0.4, 0.5) is 4.79 Å². The number of nitrogens with zero attached hydrogens (tertiary/aromatic N) is 1. The molecule has 1 fully saturated rings. The van der Waals surface area contributed by atoms with E-state index in [2.05, 4.69) is 5.32 Å². The average molecular weight is 214 g/mol. The van der Waals surface area contributed by atoms with Crippen LogP contribution >= 0.6 is 0 Å². The number of nitrogens with one attached hydrogen (secondary N) is 1. The zero-order valence-electron chi connectivity index (χ0n) is 9.70. The van der Waals surface area contributed by atoms with Gasteiger partial charge in [0.05, 0.1) is 0 Å². The van der Waals surface area contributed by atoms with Crippen molar-refractivity contribution in [2.75, 3.05) is 20.2 Å². The van der Waals surface area contributed by atoms with Crippen LogP contribution < -0.4 is 5.32 Å². The van der Waals surface area contributed by atoms with Gasteiger partial charge in [0.15, 0.2) is 0 Å². The zero-order valence-corrected chi connectivity index (χ0v) is 9.70. The second-order valence-electron chi connectivity index (χ2n) is 4.30. The van der Waals surface area contributed by atoms with Gasteiger partial charge in [0.25, 0.3) is 0 Å². The maximum atomic E-state index is 11.6. The van der Waals surface area contributed by atoms with Crippen LogP contribution in [-0.2, 0) is 0 Å². The summed E-state index contributed by atoms with van der Waals surface area (Å²) in [4.78, 5) is 13.3. The molecular weight excluding hydrogens is 192 g/mol. The number of carbonyl (C=O) groups is 1. The lowest BCUT2D eigenvalue weighted by Gasteiger charge is -2.32. The number of urea groups is 1. The van der Waals surface area contributed by atoms with Gasteiger partial charge in [0.2, 0.25) is 0 Å². The molecule has 2 unspecified atom stereocenters. The largest absolute Gasteiger partial charge is 0.396 e. The highest BCUT2D eigenvalue weighted by atomic mass is 16.3. The number of hydrogen-bond donors (Lipinski definition) is 2. The van der Waals surface area contributed by atoms with E-state index >= 15 is 0 Å². The lowest BCUT2D eigenvalue weighted by molar-refractivity contribution is 0.147. The number of amides is 2. The summed E-state index contributed by atoms with van der Waals surface area (Å²) in [7, 11) is 1.78. The SMILES string of the molecule is CCN(C)C(=O)NC1CCCCC1CO. The quantitative estimate of drug-likeness (QED) is 0.741. The van der Waals surface area contributed by atoms with Crippen molar-refractivity contribution in [2.24, 2.45) is 5.92 Å². The van der Waals surface area contributed by atoms with E-state index in [9.17, 15) is 9.90 Å². The topological polar surface area (TPSA) is 52.6 Å². The molecule has 15 heavy (non-hydrogen) atoms. The predicted octanol–water partition coefficient (Wildman–Crippen LogP) is 1.20. The van der Waals surface area contributed by atoms with Gasteiger partial charge in [-0.25, -0.2) is 4.79 Å². The number of rotatable bonds is 3. The summed E-state index contributed by atoms with van der Waals surface area (Å²) in [6, 6.07) is 0.132. The molecule has 0 radical (unpaired) electrons. The Hall–Kier alpha value is -0.770. The summed E-state index contributed by atoms with van der Waals surface area (Å²) in [5.41, 5.74) is 0. The van der Waals surface area contributed by atoms with Gasteiger partial charge in [-0.2, -0.15) is 0 Å². The molecule has 0 aromatic carbocycles. The summed E-state index contributed by atoms with van der Waals surface area (Å²) in [6.45, 7) is 2.84. The van der Waals surface area contributed by atoms with Crippen molar-refractivity contribution >= 4 is 6.03 Å². The molecule has 0 bridgehead atoms. The Morgan fingerprint density at radius 3 is 2.73 bits per heavy atom. The molecule has 2 atom stereocenters. The Morgan fingerprint density at radius 1 is 1.47 bits per heavy atom. The first-order valence-corrected chi connectivity index (χ1v) is 5.81. The van der Waals surface area contributed by atoms with Crippen molar-refractivity contribution < 1.29 is 9.90 Å². The van der Waals surface area contributed by atoms with Crippen LogP contribution in [-0.4, -0.2) is 42.3 Å². The minimum atomic E-state index is -0.0251. The molecular formula is C11H22N2O2. The molecule has 1 rings (SSSR count). The number of aliphatic hydroxyl groups is 1. The Bertz CT molecular complexity index is 209. The summed E-state index contributed by atoms with van der Waals surface area (Å²) < 4.78 is 0. The van der Waals surface area contributed by atoms with E-state index in [1.807, 2.05) is 6.92 Å². The van der Waals surface area contributed by atoms with Crippen LogP contribution in [0.5, 0.6) is 0 Å². The number of carbonyl (C=O) groups excluding carboxylic acids is 1. The summed E-state index contributed by atoms with van der Waals surface area (Å²) >= 11 is 0. The first kappa shape index (κ1) is 12.3. The summed E-state index contributed by atoms with van der Waals surface area (Å²) in [6.07, 6.45) is 4.34. The van der Waals surface area contributed by atoms with Crippen LogP contribution in [0.15, 0.2) is 0 Å². The molecule has 88 valence electrons. The van der Waals surface area contributed by atoms with E-state index in [1.54, 1.807) is 11.9 Å². The second kappa shape index (κ2) is 5.95. The molecule has 0 aliphatic heterocycles. The van der Waals surface area contributed by atoms with Crippen molar-refractivity contribution in [3.63, 3.8) is 0 Å². The minimum Gasteiger partial charge on any atom is -0.396 e. The highest BCUT2D eigenvalue weighted by molar-refractivity contribution is 5.74. The van der Waals surface area contributed by atoms with Gasteiger partial charge in [0, 0.05) is 32.2 Å². The maximum absolute atomic E-state index is 11.6. The Balaban J connectivity index is 2.44. The molecule has 2 N–H and O–H groups in total. The van der Waals surface area contributed by atoms with E-state index < -0.39 is 0 Å². The van der Waals surface area contributed by atoms with E-state index in [0.29, 0.717) is 6.54 Å². The summed E-state index contributed by atoms with van der Waals surface area (Å²) in [5.74, 6) is 0.243.